The summed E-state index contributed by atoms with van der Waals surface area (Å²) in [6, 6.07) is 16.9. The molecule has 0 unspecified atom stereocenters. The number of nitrogens with one attached hydrogen (secondary N) is 1. The molecule has 0 aliphatic carbocycles. The lowest BCUT2D eigenvalue weighted by molar-refractivity contribution is 0.0697. The normalized spacial score (nSPS) is 10.5. The van der Waals surface area contributed by atoms with Crippen LogP contribution in [0.1, 0.15) is 28.6 Å². The van der Waals surface area contributed by atoms with Crippen LogP contribution in [-0.4, -0.2) is 16.1 Å². The summed E-state index contributed by atoms with van der Waals surface area (Å²) in [5, 5.41) is 13.1. The third-order valence-corrected chi connectivity index (χ3v) is 4.64. The van der Waals surface area contributed by atoms with Crippen LogP contribution in [0, 0.1) is 0 Å². The van der Waals surface area contributed by atoms with Gasteiger partial charge in [-0.25, -0.2) is 9.78 Å². The second-order valence-electron chi connectivity index (χ2n) is 5.41. The summed E-state index contributed by atoms with van der Waals surface area (Å²) in [4.78, 5) is 16.9. The lowest BCUT2D eigenvalue weighted by atomic mass is 10.1. The first-order valence-corrected chi connectivity index (χ1v) is 8.64. The van der Waals surface area contributed by atoms with Crippen molar-refractivity contribution in [3.8, 4) is 11.3 Å². The van der Waals surface area contributed by atoms with Crippen LogP contribution in [0.15, 0.2) is 54.6 Å². The van der Waals surface area contributed by atoms with E-state index in [4.69, 9.17) is 10.1 Å². The molecule has 0 saturated carbocycles. The number of nitrogens with zero attached hydrogens (tertiary/aromatic N) is 1. The predicted octanol–water partition coefficient (Wildman–Crippen LogP) is 5.20. The predicted molar refractivity (Wildman–Crippen MR) is 98.2 cm³/mol. The number of hydrogen-bond acceptors (Lipinski definition) is 4. The number of hydrogen-bond donors (Lipinski definition) is 2. The van der Waals surface area contributed by atoms with E-state index in [2.05, 4.69) is 24.4 Å². The van der Waals surface area contributed by atoms with E-state index in [1.165, 1.54) is 4.88 Å². The minimum atomic E-state index is -0.924. The molecule has 0 aliphatic heterocycles. The topological polar surface area (TPSA) is 62.2 Å². The minimum Gasteiger partial charge on any atom is -0.478 e. The van der Waals surface area contributed by atoms with E-state index >= 15 is 0 Å². The zero-order valence-electron chi connectivity index (χ0n) is 13.3. The molecule has 24 heavy (non-hydrogen) atoms. The van der Waals surface area contributed by atoms with Gasteiger partial charge in [-0.05, 0) is 30.7 Å². The van der Waals surface area contributed by atoms with Crippen molar-refractivity contribution >= 4 is 28.1 Å². The van der Waals surface area contributed by atoms with Crippen LogP contribution in [0.2, 0.25) is 0 Å². The second-order valence-corrected chi connectivity index (χ2v) is 6.50. The van der Waals surface area contributed by atoms with Gasteiger partial charge in [0.15, 0.2) is 5.13 Å². The molecular formula is C19H18N2O2S. The Kier molecular flexibility index (Phi) is 4.91. The van der Waals surface area contributed by atoms with E-state index in [1.807, 2.05) is 18.2 Å². The summed E-state index contributed by atoms with van der Waals surface area (Å²) in [5.41, 5.74) is 3.24. The fourth-order valence-corrected chi connectivity index (χ4v) is 3.55. The molecule has 0 radical (unpaired) electrons. The number of rotatable bonds is 6. The van der Waals surface area contributed by atoms with Crippen LogP contribution in [0.5, 0.6) is 0 Å². The van der Waals surface area contributed by atoms with E-state index in [1.54, 1.807) is 35.6 Å². The van der Waals surface area contributed by atoms with E-state index in [9.17, 15) is 4.79 Å². The summed E-state index contributed by atoms with van der Waals surface area (Å²) in [7, 11) is 0. The fraction of sp³-hybridized carbons (Fsp3) is 0.158. The van der Waals surface area contributed by atoms with Crippen LogP contribution >= 0.6 is 11.3 Å². The van der Waals surface area contributed by atoms with Gasteiger partial charge in [0, 0.05) is 16.1 Å². The van der Waals surface area contributed by atoms with E-state index < -0.39 is 5.97 Å². The molecule has 3 aromatic rings. The van der Waals surface area contributed by atoms with Gasteiger partial charge in [-0.15, -0.1) is 11.3 Å². The molecule has 1 heterocycles. The first-order valence-electron chi connectivity index (χ1n) is 7.83. The number of thiazole rings is 1. The molecule has 3 rings (SSSR count). The van der Waals surface area contributed by atoms with Crippen molar-refractivity contribution in [1.82, 2.24) is 4.98 Å². The molecule has 0 bridgehead atoms. The Morgan fingerprint density at radius 3 is 2.46 bits per heavy atom. The van der Waals surface area contributed by atoms with Crippen molar-refractivity contribution in [3.05, 3.63) is 65.0 Å². The monoisotopic (exact) mass is 338 g/mol. The summed E-state index contributed by atoms with van der Waals surface area (Å²) in [5.74, 6) is -0.924. The largest absolute Gasteiger partial charge is 0.478 e. The number of anilines is 2. The molecular weight excluding hydrogens is 320 g/mol. The van der Waals surface area contributed by atoms with Crippen molar-refractivity contribution in [3.63, 3.8) is 0 Å². The Hall–Kier alpha value is -2.66. The maximum Gasteiger partial charge on any atom is 0.335 e. The van der Waals surface area contributed by atoms with Crippen molar-refractivity contribution in [1.29, 1.82) is 0 Å². The number of aryl methyl sites for hydroxylation is 1. The van der Waals surface area contributed by atoms with Gasteiger partial charge in [-0.1, -0.05) is 43.7 Å². The molecule has 0 amide bonds. The van der Waals surface area contributed by atoms with Crippen LogP contribution in [0.3, 0.4) is 0 Å². The highest BCUT2D eigenvalue weighted by molar-refractivity contribution is 7.16. The van der Waals surface area contributed by atoms with Crippen LogP contribution in [0.4, 0.5) is 10.8 Å². The molecule has 122 valence electrons. The fourth-order valence-electron chi connectivity index (χ4n) is 2.44. The third kappa shape index (κ3) is 3.63. The minimum absolute atomic E-state index is 0.274. The SMILES string of the molecule is CCCc1sc(Nc2ccc(C(=O)O)cc2)nc1-c1ccccc1. The van der Waals surface area contributed by atoms with E-state index in [-0.39, 0.29) is 5.56 Å². The second kappa shape index (κ2) is 7.27. The molecule has 5 heteroatoms. The smallest absolute Gasteiger partial charge is 0.335 e. The molecule has 2 N–H and O–H groups in total. The highest BCUT2D eigenvalue weighted by Gasteiger charge is 2.12. The van der Waals surface area contributed by atoms with Gasteiger partial charge in [0.1, 0.15) is 0 Å². The maximum atomic E-state index is 10.9. The zero-order valence-corrected chi connectivity index (χ0v) is 14.1. The highest BCUT2D eigenvalue weighted by Crippen LogP contribution is 2.33. The Morgan fingerprint density at radius 2 is 1.83 bits per heavy atom. The maximum absolute atomic E-state index is 10.9. The van der Waals surface area contributed by atoms with Crippen molar-refractivity contribution in [2.24, 2.45) is 0 Å². The van der Waals surface area contributed by atoms with Gasteiger partial charge in [0.05, 0.1) is 11.3 Å². The van der Waals surface area contributed by atoms with Gasteiger partial charge in [0.25, 0.3) is 0 Å². The molecule has 0 atom stereocenters. The summed E-state index contributed by atoms with van der Waals surface area (Å²) < 4.78 is 0. The summed E-state index contributed by atoms with van der Waals surface area (Å²) in [6.45, 7) is 2.16. The molecule has 0 aliphatic rings. The Bertz CT molecular complexity index is 826. The summed E-state index contributed by atoms with van der Waals surface area (Å²) in [6.07, 6.45) is 2.05. The molecule has 2 aromatic carbocycles. The quantitative estimate of drug-likeness (QED) is 0.648. The number of carboxylic acid groups (broad SMARTS) is 1. The highest BCUT2D eigenvalue weighted by atomic mass is 32.1. The number of carboxylic acids is 1. The zero-order chi connectivity index (χ0) is 16.9. The van der Waals surface area contributed by atoms with Gasteiger partial charge >= 0.3 is 5.97 Å². The first kappa shape index (κ1) is 16.2. The van der Waals surface area contributed by atoms with Gasteiger partial charge in [0.2, 0.25) is 0 Å². The molecule has 0 spiro atoms. The standard InChI is InChI=1S/C19H18N2O2S/c1-2-6-16-17(13-7-4-3-5-8-13)21-19(24-16)20-15-11-9-14(10-12-15)18(22)23/h3-5,7-12H,2,6H2,1H3,(H,20,21)(H,22,23). The van der Waals surface area contributed by atoms with E-state index in [0.717, 1.165) is 34.9 Å². The molecule has 4 nitrogen and oxygen atoms in total. The van der Waals surface area contributed by atoms with Gasteiger partial charge < -0.3 is 10.4 Å². The Labute approximate surface area is 144 Å². The lowest BCUT2D eigenvalue weighted by Gasteiger charge is -2.02. The van der Waals surface area contributed by atoms with Crippen molar-refractivity contribution < 1.29 is 9.90 Å². The van der Waals surface area contributed by atoms with E-state index in [0.29, 0.717) is 0 Å². The molecule has 0 fully saturated rings. The number of benzene rings is 2. The van der Waals surface area contributed by atoms with Gasteiger partial charge in [-0.2, -0.15) is 0 Å². The van der Waals surface area contributed by atoms with Crippen molar-refractivity contribution in [2.45, 2.75) is 19.8 Å². The van der Waals surface area contributed by atoms with Crippen molar-refractivity contribution in [2.75, 3.05) is 5.32 Å². The van der Waals surface area contributed by atoms with Crippen LogP contribution < -0.4 is 5.32 Å². The third-order valence-electron chi connectivity index (χ3n) is 3.60. The average Bonchev–Trinajstić information content (AvgIpc) is 2.99. The Morgan fingerprint density at radius 1 is 1.12 bits per heavy atom. The molecule has 1 aromatic heterocycles. The average molecular weight is 338 g/mol. The van der Waals surface area contributed by atoms with Crippen LogP contribution in [-0.2, 0) is 6.42 Å². The van der Waals surface area contributed by atoms with Gasteiger partial charge in [-0.3, -0.25) is 0 Å². The first-order chi connectivity index (χ1) is 11.7. The number of aromatic nitrogens is 1. The van der Waals surface area contributed by atoms with Crippen LogP contribution in [0.25, 0.3) is 11.3 Å². The Balaban J connectivity index is 1.87. The number of aromatic carboxylic acids is 1. The number of carbonyl (C=O) groups is 1. The molecule has 0 saturated heterocycles. The lowest BCUT2D eigenvalue weighted by Crippen LogP contribution is -1.96. The summed E-state index contributed by atoms with van der Waals surface area (Å²) >= 11 is 1.65.